The second-order valence-electron chi connectivity index (χ2n) is 2.84. The summed E-state index contributed by atoms with van der Waals surface area (Å²) in [6.45, 7) is 4.23. The van der Waals surface area contributed by atoms with Gasteiger partial charge in [-0.3, -0.25) is 5.10 Å². The molecule has 2 nitrogen and oxygen atoms in total. The number of nitrogens with zero attached hydrogens (tertiary/aromatic N) is 1. The number of fused-ring (bicyclic) bond motifs is 1. The second-order valence-corrected chi connectivity index (χ2v) is 2.84. The van der Waals surface area contributed by atoms with Gasteiger partial charge < -0.3 is 0 Å². The highest BCUT2D eigenvalue weighted by Gasteiger charge is 1.99. The Morgan fingerprint density at radius 2 is 2.09 bits per heavy atom. The Hall–Kier alpha value is -1.31. The summed E-state index contributed by atoms with van der Waals surface area (Å²) in [4.78, 5) is 0. The van der Waals surface area contributed by atoms with Gasteiger partial charge in [0.2, 0.25) is 0 Å². The van der Waals surface area contributed by atoms with Crippen LogP contribution in [-0.4, -0.2) is 10.2 Å². The van der Waals surface area contributed by atoms with E-state index < -0.39 is 0 Å². The standard InChI is InChI=1S/C9H10N2/c1-6-3-4-9-8(7(6)2)5-10-11-9/h3-5H,1-2H3,(H,10,11). The lowest BCUT2D eigenvalue weighted by molar-refractivity contribution is 1.12. The van der Waals surface area contributed by atoms with Crippen LogP contribution in [0, 0.1) is 13.8 Å². The van der Waals surface area contributed by atoms with Crippen molar-refractivity contribution in [2.45, 2.75) is 13.8 Å². The Bertz CT molecular complexity index is 387. The highest BCUT2D eigenvalue weighted by atomic mass is 15.1. The quantitative estimate of drug-likeness (QED) is 0.606. The second kappa shape index (κ2) is 2.09. The fraction of sp³-hybridized carbons (Fsp3) is 0.222. The number of aromatic amines is 1. The summed E-state index contributed by atoms with van der Waals surface area (Å²) in [5, 5.41) is 8.14. The van der Waals surface area contributed by atoms with Crippen molar-refractivity contribution >= 4 is 10.9 Å². The normalized spacial score (nSPS) is 10.7. The Morgan fingerprint density at radius 3 is 2.91 bits per heavy atom. The number of benzene rings is 1. The summed E-state index contributed by atoms with van der Waals surface area (Å²) in [6, 6.07) is 4.17. The molecule has 0 bridgehead atoms. The summed E-state index contributed by atoms with van der Waals surface area (Å²) < 4.78 is 0. The van der Waals surface area contributed by atoms with Gasteiger partial charge in [-0.15, -0.1) is 0 Å². The summed E-state index contributed by atoms with van der Waals surface area (Å²) in [6.07, 6.45) is 1.87. The molecule has 0 saturated carbocycles. The lowest BCUT2D eigenvalue weighted by atomic mass is 10.1. The van der Waals surface area contributed by atoms with Crippen LogP contribution in [0.25, 0.3) is 10.9 Å². The van der Waals surface area contributed by atoms with Gasteiger partial charge in [-0.2, -0.15) is 5.10 Å². The van der Waals surface area contributed by atoms with Crippen molar-refractivity contribution < 1.29 is 0 Å². The van der Waals surface area contributed by atoms with Gasteiger partial charge in [0.1, 0.15) is 0 Å². The predicted octanol–water partition coefficient (Wildman–Crippen LogP) is 2.18. The highest BCUT2D eigenvalue weighted by molar-refractivity contribution is 5.82. The maximum atomic E-state index is 3.98. The monoisotopic (exact) mass is 146 g/mol. The maximum absolute atomic E-state index is 3.98. The predicted molar refractivity (Wildman–Crippen MR) is 45.6 cm³/mol. The SMILES string of the molecule is Cc1ccc2[nH]ncc2c1C. The van der Waals surface area contributed by atoms with Gasteiger partial charge >= 0.3 is 0 Å². The number of rotatable bonds is 0. The van der Waals surface area contributed by atoms with Crippen LogP contribution >= 0.6 is 0 Å². The summed E-state index contributed by atoms with van der Waals surface area (Å²) in [7, 11) is 0. The average Bonchev–Trinajstić information content (AvgIpc) is 2.45. The third kappa shape index (κ3) is 0.827. The van der Waals surface area contributed by atoms with Crippen LogP contribution in [0.2, 0.25) is 0 Å². The third-order valence-electron chi connectivity index (χ3n) is 2.16. The van der Waals surface area contributed by atoms with E-state index in [4.69, 9.17) is 0 Å². The number of hydrogen-bond donors (Lipinski definition) is 1. The molecular formula is C9H10N2. The largest absolute Gasteiger partial charge is 0.278 e. The lowest BCUT2D eigenvalue weighted by Gasteiger charge is -1.98. The Balaban J connectivity index is 2.93. The zero-order chi connectivity index (χ0) is 7.84. The van der Waals surface area contributed by atoms with E-state index in [1.54, 1.807) is 0 Å². The van der Waals surface area contributed by atoms with Crippen molar-refractivity contribution in [2.24, 2.45) is 0 Å². The van der Waals surface area contributed by atoms with Crippen molar-refractivity contribution in [3.63, 3.8) is 0 Å². The molecule has 1 aromatic heterocycles. The van der Waals surface area contributed by atoms with Crippen molar-refractivity contribution in [3.05, 3.63) is 29.5 Å². The van der Waals surface area contributed by atoms with E-state index >= 15 is 0 Å². The van der Waals surface area contributed by atoms with Gasteiger partial charge in [0.15, 0.2) is 0 Å². The molecule has 2 heteroatoms. The van der Waals surface area contributed by atoms with Crippen molar-refractivity contribution in [1.29, 1.82) is 0 Å². The van der Waals surface area contributed by atoms with Gasteiger partial charge in [0, 0.05) is 5.39 Å². The maximum Gasteiger partial charge on any atom is 0.0653 e. The molecule has 1 heterocycles. The average molecular weight is 146 g/mol. The van der Waals surface area contributed by atoms with Gasteiger partial charge in [-0.1, -0.05) is 6.07 Å². The minimum absolute atomic E-state index is 1.12. The molecule has 0 atom stereocenters. The first-order valence-corrected chi connectivity index (χ1v) is 3.68. The smallest absolute Gasteiger partial charge is 0.0653 e. The topological polar surface area (TPSA) is 28.7 Å². The molecular weight excluding hydrogens is 136 g/mol. The minimum Gasteiger partial charge on any atom is -0.278 e. The molecule has 1 aromatic carbocycles. The van der Waals surface area contributed by atoms with Crippen molar-refractivity contribution in [3.8, 4) is 0 Å². The molecule has 0 spiro atoms. The van der Waals surface area contributed by atoms with E-state index in [0.29, 0.717) is 0 Å². The first-order valence-electron chi connectivity index (χ1n) is 3.68. The molecule has 0 radical (unpaired) electrons. The summed E-state index contributed by atoms with van der Waals surface area (Å²) >= 11 is 0. The summed E-state index contributed by atoms with van der Waals surface area (Å²) in [5.41, 5.74) is 3.75. The molecule has 0 amide bonds. The Kier molecular flexibility index (Phi) is 1.22. The van der Waals surface area contributed by atoms with Gasteiger partial charge in [-0.25, -0.2) is 0 Å². The van der Waals surface area contributed by atoms with Gasteiger partial charge in [0.05, 0.1) is 11.7 Å². The molecule has 0 aliphatic rings. The van der Waals surface area contributed by atoms with Crippen LogP contribution in [0.3, 0.4) is 0 Å². The number of H-pyrrole nitrogens is 1. The van der Waals surface area contributed by atoms with Crippen LogP contribution in [0.1, 0.15) is 11.1 Å². The van der Waals surface area contributed by atoms with E-state index in [-0.39, 0.29) is 0 Å². The van der Waals surface area contributed by atoms with Crippen LogP contribution < -0.4 is 0 Å². The van der Waals surface area contributed by atoms with E-state index in [1.165, 1.54) is 16.5 Å². The van der Waals surface area contributed by atoms with Crippen molar-refractivity contribution in [1.82, 2.24) is 10.2 Å². The molecule has 0 unspecified atom stereocenters. The molecule has 56 valence electrons. The van der Waals surface area contributed by atoms with Crippen LogP contribution in [0.4, 0.5) is 0 Å². The molecule has 0 saturated heterocycles. The third-order valence-corrected chi connectivity index (χ3v) is 2.16. The lowest BCUT2D eigenvalue weighted by Crippen LogP contribution is -1.79. The molecule has 11 heavy (non-hydrogen) atoms. The van der Waals surface area contributed by atoms with Crippen LogP contribution in [-0.2, 0) is 0 Å². The van der Waals surface area contributed by atoms with Crippen LogP contribution in [0.15, 0.2) is 18.3 Å². The van der Waals surface area contributed by atoms with Gasteiger partial charge in [-0.05, 0) is 31.0 Å². The van der Waals surface area contributed by atoms with E-state index in [0.717, 1.165) is 5.52 Å². The zero-order valence-corrected chi connectivity index (χ0v) is 6.68. The number of aromatic nitrogens is 2. The fourth-order valence-corrected chi connectivity index (χ4v) is 1.27. The number of aryl methyl sites for hydroxylation is 2. The van der Waals surface area contributed by atoms with Crippen molar-refractivity contribution in [2.75, 3.05) is 0 Å². The molecule has 2 aromatic rings. The minimum atomic E-state index is 1.12. The Labute approximate surface area is 65.2 Å². The number of nitrogens with one attached hydrogen (secondary N) is 1. The first-order chi connectivity index (χ1) is 5.29. The molecule has 0 aliphatic carbocycles. The fourth-order valence-electron chi connectivity index (χ4n) is 1.27. The molecule has 1 N–H and O–H groups in total. The Morgan fingerprint density at radius 1 is 1.27 bits per heavy atom. The van der Waals surface area contributed by atoms with E-state index in [1.807, 2.05) is 6.20 Å². The molecule has 0 fully saturated rings. The highest BCUT2D eigenvalue weighted by Crippen LogP contribution is 2.18. The zero-order valence-electron chi connectivity index (χ0n) is 6.68. The summed E-state index contributed by atoms with van der Waals surface area (Å²) in [5.74, 6) is 0. The first kappa shape index (κ1) is 6.40. The molecule has 0 aliphatic heterocycles. The van der Waals surface area contributed by atoms with Crippen LogP contribution in [0.5, 0.6) is 0 Å². The molecule has 2 rings (SSSR count). The van der Waals surface area contributed by atoms with Gasteiger partial charge in [0.25, 0.3) is 0 Å². The van der Waals surface area contributed by atoms with E-state index in [9.17, 15) is 0 Å². The number of hydrogen-bond acceptors (Lipinski definition) is 1. The van der Waals surface area contributed by atoms with E-state index in [2.05, 4.69) is 36.2 Å².